The summed E-state index contributed by atoms with van der Waals surface area (Å²) in [5.74, 6) is 0. The summed E-state index contributed by atoms with van der Waals surface area (Å²) in [6, 6.07) is 0. The van der Waals surface area contributed by atoms with E-state index in [0.717, 1.165) is 7.11 Å². The smallest absolute Gasteiger partial charge is 0.421 e. The second-order valence-corrected chi connectivity index (χ2v) is 5.91. The molecule has 0 unspecified atom stereocenters. The molecule has 0 radical (unpaired) electrons. The molecule has 0 aliphatic heterocycles. The van der Waals surface area contributed by atoms with Gasteiger partial charge in [-0.2, -0.15) is 13.1 Å². The van der Waals surface area contributed by atoms with Crippen LogP contribution in [0.5, 0.6) is 0 Å². The first-order chi connectivity index (χ1) is 7.72. The molecule has 7 nitrogen and oxygen atoms in total. The molecule has 0 saturated heterocycles. The predicted molar refractivity (Wildman–Crippen MR) is 62.6 cm³/mol. The van der Waals surface area contributed by atoms with Crippen molar-refractivity contribution in [1.82, 2.24) is 9.44 Å². The first-order valence-corrected chi connectivity index (χ1v) is 6.67. The van der Waals surface area contributed by atoms with Crippen molar-refractivity contribution in [3.63, 3.8) is 0 Å². The lowest BCUT2D eigenvalue weighted by molar-refractivity contribution is 0.177. The predicted octanol–water partition coefficient (Wildman–Crippen LogP) is -0.0245. The van der Waals surface area contributed by atoms with Gasteiger partial charge in [-0.1, -0.05) is 13.8 Å². The van der Waals surface area contributed by atoms with E-state index >= 15 is 0 Å². The fourth-order valence-electron chi connectivity index (χ4n) is 1.12. The molecule has 0 aliphatic rings. The van der Waals surface area contributed by atoms with Crippen molar-refractivity contribution in [1.29, 1.82) is 0 Å². The summed E-state index contributed by atoms with van der Waals surface area (Å²) in [7, 11) is -2.81. The average Bonchev–Trinajstić information content (AvgIpc) is 2.23. The van der Waals surface area contributed by atoms with E-state index < -0.39 is 16.3 Å². The molecule has 0 aromatic carbocycles. The van der Waals surface area contributed by atoms with Crippen molar-refractivity contribution in [3.8, 4) is 0 Å². The molecule has 0 fully saturated rings. The molecule has 17 heavy (non-hydrogen) atoms. The Balaban J connectivity index is 4.21. The van der Waals surface area contributed by atoms with Crippen molar-refractivity contribution in [3.05, 3.63) is 0 Å². The zero-order valence-corrected chi connectivity index (χ0v) is 11.1. The van der Waals surface area contributed by atoms with Crippen LogP contribution >= 0.6 is 0 Å². The summed E-state index contributed by atoms with van der Waals surface area (Å²) in [5, 5.41) is 8.70. The lowest BCUT2D eigenvalue weighted by Crippen LogP contribution is -2.43. The van der Waals surface area contributed by atoms with E-state index in [1.165, 1.54) is 0 Å². The van der Waals surface area contributed by atoms with Crippen LogP contribution in [0.1, 0.15) is 26.7 Å². The second kappa shape index (κ2) is 6.77. The summed E-state index contributed by atoms with van der Waals surface area (Å²) in [6.07, 6.45) is 0.231. The average molecular weight is 268 g/mol. The van der Waals surface area contributed by atoms with Crippen LogP contribution < -0.4 is 9.44 Å². The van der Waals surface area contributed by atoms with Gasteiger partial charge in [0.2, 0.25) is 0 Å². The van der Waals surface area contributed by atoms with Crippen molar-refractivity contribution < 1.29 is 23.1 Å². The highest BCUT2D eigenvalue weighted by molar-refractivity contribution is 7.88. The lowest BCUT2D eigenvalue weighted by Gasteiger charge is -2.24. The highest BCUT2D eigenvalue weighted by atomic mass is 32.2. The summed E-state index contributed by atoms with van der Waals surface area (Å²) >= 11 is 0. The molecule has 0 aromatic heterocycles. The molecule has 0 atom stereocenters. The second-order valence-electron chi connectivity index (χ2n) is 4.41. The first-order valence-electron chi connectivity index (χ1n) is 5.18. The normalized spacial score (nSPS) is 12.2. The first kappa shape index (κ1) is 16.1. The number of aliphatic hydroxyl groups is 1. The Morgan fingerprint density at radius 3 is 2.47 bits per heavy atom. The Morgan fingerprint density at radius 1 is 1.41 bits per heavy atom. The SMILES string of the molecule is COC(=O)NS(=O)(=O)NCC(C)(C)CCCO. The van der Waals surface area contributed by atoms with Gasteiger partial charge in [0.1, 0.15) is 0 Å². The fraction of sp³-hybridized carbons (Fsp3) is 0.889. The van der Waals surface area contributed by atoms with Crippen LogP contribution in [0.4, 0.5) is 4.79 Å². The van der Waals surface area contributed by atoms with Crippen molar-refractivity contribution in [2.45, 2.75) is 26.7 Å². The standard InChI is InChI=1S/C9H20N2O5S/c1-9(2,5-4-6-12)7-10-17(14,15)11-8(13)16-3/h10,12H,4-7H2,1-3H3,(H,11,13). The molecule has 0 rings (SSSR count). The molecule has 0 aliphatic carbocycles. The van der Waals surface area contributed by atoms with E-state index in [9.17, 15) is 13.2 Å². The number of methoxy groups -OCH3 is 1. The maximum atomic E-state index is 11.3. The molecule has 0 heterocycles. The molecule has 1 amide bonds. The van der Waals surface area contributed by atoms with E-state index in [4.69, 9.17) is 5.11 Å². The van der Waals surface area contributed by atoms with Gasteiger partial charge in [-0.25, -0.2) is 9.52 Å². The molecule has 3 N–H and O–H groups in total. The van der Waals surface area contributed by atoms with E-state index in [1.807, 2.05) is 13.8 Å². The minimum Gasteiger partial charge on any atom is -0.452 e. The number of ether oxygens (including phenoxy) is 1. The highest BCUT2D eigenvalue weighted by Crippen LogP contribution is 2.20. The monoisotopic (exact) mass is 268 g/mol. The van der Waals surface area contributed by atoms with Crippen molar-refractivity contribution in [2.24, 2.45) is 5.41 Å². The van der Waals surface area contributed by atoms with E-state index in [0.29, 0.717) is 12.8 Å². The maximum Gasteiger partial charge on any atom is 0.421 e. The van der Waals surface area contributed by atoms with Crippen LogP contribution in [0.25, 0.3) is 0 Å². The molecule has 0 aromatic rings. The highest BCUT2D eigenvalue weighted by Gasteiger charge is 2.22. The van der Waals surface area contributed by atoms with Gasteiger partial charge < -0.3 is 9.84 Å². The molecule has 102 valence electrons. The number of carbonyl (C=O) groups excluding carboxylic acids is 1. The third-order valence-corrected chi connectivity index (χ3v) is 3.12. The number of hydrogen-bond acceptors (Lipinski definition) is 5. The Kier molecular flexibility index (Phi) is 6.43. The third-order valence-electron chi connectivity index (χ3n) is 2.16. The Labute approximate surface area is 102 Å². The van der Waals surface area contributed by atoms with E-state index in [-0.39, 0.29) is 18.6 Å². The van der Waals surface area contributed by atoms with Crippen LogP contribution in [-0.2, 0) is 14.9 Å². The van der Waals surface area contributed by atoms with Gasteiger partial charge in [-0.15, -0.1) is 0 Å². The number of carbonyl (C=O) groups is 1. The number of hydrogen-bond donors (Lipinski definition) is 3. The summed E-state index contributed by atoms with van der Waals surface area (Å²) in [6.45, 7) is 3.96. The van der Waals surface area contributed by atoms with Gasteiger partial charge >= 0.3 is 16.3 Å². The largest absolute Gasteiger partial charge is 0.452 e. The van der Waals surface area contributed by atoms with Crippen LogP contribution in [-0.4, -0.2) is 39.9 Å². The minimum atomic E-state index is -3.89. The van der Waals surface area contributed by atoms with Gasteiger partial charge in [0.05, 0.1) is 7.11 Å². The third kappa shape index (κ3) is 7.94. The maximum absolute atomic E-state index is 11.3. The summed E-state index contributed by atoms with van der Waals surface area (Å²) < 4.78 is 30.8. The van der Waals surface area contributed by atoms with Gasteiger partial charge in [-0.05, 0) is 18.3 Å². The number of aliphatic hydroxyl groups excluding tert-OH is 1. The molecule has 0 spiro atoms. The Hall–Kier alpha value is -0.860. The number of amides is 1. The van der Waals surface area contributed by atoms with Crippen LogP contribution in [0.15, 0.2) is 0 Å². The van der Waals surface area contributed by atoms with Crippen molar-refractivity contribution in [2.75, 3.05) is 20.3 Å². The Morgan fingerprint density at radius 2 is 2.00 bits per heavy atom. The van der Waals surface area contributed by atoms with Crippen molar-refractivity contribution >= 4 is 16.3 Å². The zero-order valence-electron chi connectivity index (χ0n) is 10.3. The van der Waals surface area contributed by atoms with Crippen LogP contribution in [0.3, 0.4) is 0 Å². The summed E-state index contributed by atoms with van der Waals surface area (Å²) in [5.41, 5.74) is -0.298. The zero-order chi connectivity index (χ0) is 13.5. The van der Waals surface area contributed by atoms with Gasteiger partial charge in [0.25, 0.3) is 0 Å². The lowest BCUT2D eigenvalue weighted by atomic mass is 9.88. The number of nitrogens with one attached hydrogen (secondary N) is 2. The molecule has 0 bridgehead atoms. The minimum absolute atomic E-state index is 0.0661. The van der Waals surface area contributed by atoms with Crippen LogP contribution in [0, 0.1) is 5.41 Å². The van der Waals surface area contributed by atoms with Gasteiger partial charge in [0.15, 0.2) is 0 Å². The molecule has 0 saturated carbocycles. The number of rotatable bonds is 7. The van der Waals surface area contributed by atoms with Crippen LogP contribution in [0.2, 0.25) is 0 Å². The quantitative estimate of drug-likeness (QED) is 0.601. The Bertz CT molecular complexity index is 339. The molecular formula is C9H20N2O5S. The van der Waals surface area contributed by atoms with Gasteiger partial charge in [-0.3, -0.25) is 0 Å². The summed E-state index contributed by atoms with van der Waals surface area (Å²) in [4.78, 5) is 10.7. The van der Waals surface area contributed by atoms with E-state index in [1.54, 1.807) is 4.72 Å². The van der Waals surface area contributed by atoms with Gasteiger partial charge in [0, 0.05) is 13.2 Å². The molecular weight excluding hydrogens is 248 g/mol. The fourth-order valence-corrected chi connectivity index (χ4v) is 2.08. The molecule has 8 heteroatoms. The topological polar surface area (TPSA) is 105 Å². The van der Waals surface area contributed by atoms with E-state index in [2.05, 4.69) is 9.46 Å².